The Morgan fingerprint density at radius 3 is 2.79 bits per heavy atom. The van der Waals surface area contributed by atoms with E-state index < -0.39 is 9.75 Å². The lowest BCUT2D eigenvalue weighted by atomic mass is 10.1. The van der Waals surface area contributed by atoms with Crippen LogP contribution in [0.1, 0.15) is 18.9 Å². The van der Waals surface area contributed by atoms with Crippen molar-refractivity contribution in [2.75, 3.05) is 5.32 Å². The molecule has 3 rings (SSSR count). The molecular weight excluding hydrogens is 303 g/mol. The molecule has 6 heteroatoms. The van der Waals surface area contributed by atoms with Crippen molar-refractivity contribution in [2.45, 2.75) is 24.6 Å². The number of rotatable bonds is 2. The number of anilines is 1. The summed E-state index contributed by atoms with van der Waals surface area (Å²) in [4.78, 5) is 16.5. The zero-order valence-electron chi connectivity index (χ0n) is 10.5. The molecule has 0 radical (unpaired) electrons. The number of carbonyl (C=O) groups is 1. The maximum absolute atomic E-state index is 12.1. The molecule has 1 saturated carbocycles. The van der Waals surface area contributed by atoms with Crippen molar-refractivity contribution in [3.05, 3.63) is 23.8 Å². The van der Waals surface area contributed by atoms with Crippen molar-refractivity contribution in [3.63, 3.8) is 0 Å². The van der Waals surface area contributed by atoms with E-state index in [1.54, 1.807) is 6.92 Å². The lowest BCUT2D eigenvalue weighted by Crippen LogP contribution is -2.25. The lowest BCUT2D eigenvalue weighted by molar-refractivity contribution is -0.120. The van der Waals surface area contributed by atoms with Crippen molar-refractivity contribution in [2.24, 2.45) is 5.41 Å². The summed E-state index contributed by atoms with van der Waals surface area (Å²) in [5.74, 6) is -0.173. The van der Waals surface area contributed by atoms with Gasteiger partial charge in [0.15, 0.2) is 5.13 Å². The highest BCUT2D eigenvalue weighted by Gasteiger charge is 2.68. The first kappa shape index (κ1) is 13.2. The quantitative estimate of drug-likeness (QED) is 0.847. The standard InChI is InChI=1S/C13H12Cl2N2OS/c1-7-3-4-8-9(5-7)19-11(16-8)17-10(18)12(2)6-13(12,14)15/h3-5H,6H2,1-2H3,(H,16,17,18). The zero-order valence-corrected chi connectivity index (χ0v) is 12.8. The molecule has 3 nitrogen and oxygen atoms in total. The Balaban J connectivity index is 1.84. The van der Waals surface area contributed by atoms with Crippen molar-refractivity contribution in [1.29, 1.82) is 0 Å². The molecule has 1 aromatic heterocycles. The van der Waals surface area contributed by atoms with Gasteiger partial charge in [0.05, 0.1) is 15.6 Å². The third-order valence-corrected chi connectivity index (χ3v) is 5.56. The second kappa shape index (κ2) is 4.08. The molecular formula is C13H12Cl2N2OS. The summed E-state index contributed by atoms with van der Waals surface area (Å²) < 4.78 is 0.101. The summed E-state index contributed by atoms with van der Waals surface area (Å²) in [5.41, 5.74) is 1.34. The molecule has 1 amide bonds. The van der Waals surface area contributed by atoms with Crippen molar-refractivity contribution < 1.29 is 4.79 Å². The third kappa shape index (κ3) is 2.12. The number of amides is 1. The van der Waals surface area contributed by atoms with Crippen LogP contribution in [0.3, 0.4) is 0 Å². The average Bonchev–Trinajstić information content (AvgIpc) is 2.68. The molecule has 1 heterocycles. The second-order valence-electron chi connectivity index (χ2n) is 5.16. The van der Waals surface area contributed by atoms with Crippen LogP contribution < -0.4 is 5.32 Å². The number of halogens is 2. The average molecular weight is 315 g/mol. The third-order valence-electron chi connectivity index (χ3n) is 3.52. The van der Waals surface area contributed by atoms with Gasteiger partial charge in [-0.25, -0.2) is 4.98 Å². The second-order valence-corrected chi connectivity index (χ2v) is 7.67. The van der Waals surface area contributed by atoms with Gasteiger partial charge >= 0.3 is 0 Å². The zero-order chi connectivity index (χ0) is 13.8. The predicted molar refractivity (Wildman–Crippen MR) is 80.1 cm³/mol. The van der Waals surface area contributed by atoms with Gasteiger partial charge in [-0.3, -0.25) is 4.79 Å². The van der Waals surface area contributed by atoms with Gasteiger partial charge in [0, 0.05) is 0 Å². The Bertz CT molecular complexity index is 682. The topological polar surface area (TPSA) is 42.0 Å². The summed E-state index contributed by atoms with van der Waals surface area (Å²) in [6, 6.07) is 6.00. The maximum Gasteiger partial charge on any atom is 0.235 e. The Hall–Kier alpha value is -0.840. The number of hydrogen-bond donors (Lipinski definition) is 1. The van der Waals surface area contributed by atoms with E-state index in [0.717, 1.165) is 10.2 Å². The molecule has 1 N–H and O–H groups in total. The number of nitrogens with one attached hydrogen (secondary N) is 1. The molecule has 1 atom stereocenters. The number of benzene rings is 1. The van der Waals surface area contributed by atoms with E-state index in [1.165, 1.54) is 16.9 Å². The van der Waals surface area contributed by atoms with Crippen LogP contribution in [0.4, 0.5) is 5.13 Å². The van der Waals surface area contributed by atoms with Crippen molar-refractivity contribution in [3.8, 4) is 0 Å². The Kier molecular flexibility index (Phi) is 2.82. The molecule has 100 valence electrons. The van der Waals surface area contributed by atoms with Crippen LogP contribution in [0, 0.1) is 12.3 Å². The molecule has 1 aliphatic rings. The van der Waals surface area contributed by atoms with E-state index in [1.807, 2.05) is 19.1 Å². The highest BCUT2D eigenvalue weighted by atomic mass is 35.5. The molecule has 0 saturated heterocycles. The van der Waals surface area contributed by atoms with Gasteiger partial charge in [-0.1, -0.05) is 17.4 Å². The van der Waals surface area contributed by atoms with E-state index in [9.17, 15) is 4.79 Å². The molecule has 1 fully saturated rings. The van der Waals surface area contributed by atoms with Crippen LogP contribution in [-0.4, -0.2) is 15.2 Å². The Labute approximate surface area is 124 Å². The van der Waals surface area contributed by atoms with E-state index in [4.69, 9.17) is 23.2 Å². The molecule has 0 aliphatic heterocycles. The summed E-state index contributed by atoms with van der Waals surface area (Å²) in [5, 5.41) is 3.39. The SMILES string of the molecule is Cc1ccc2nc(NC(=O)C3(C)CC3(Cl)Cl)sc2c1. The van der Waals surface area contributed by atoms with Crippen LogP contribution in [-0.2, 0) is 4.79 Å². The number of nitrogens with zero attached hydrogens (tertiary/aromatic N) is 1. The summed E-state index contributed by atoms with van der Waals surface area (Å²) in [7, 11) is 0. The molecule has 0 bridgehead atoms. The summed E-state index contributed by atoms with van der Waals surface area (Å²) in [6.07, 6.45) is 0.471. The van der Waals surface area contributed by atoms with Crippen LogP contribution >= 0.6 is 34.5 Å². The number of fused-ring (bicyclic) bond motifs is 1. The minimum atomic E-state index is -0.954. The normalized spacial score (nSPS) is 24.4. The largest absolute Gasteiger partial charge is 0.301 e. The van der Waals surface area contributed by atoms with E-state index in [0.29, 0.717) is 11.6 Å². The Morgan fingerprint density at radius 1 is 1.47 bits per heavy atom. The van der Waals surface area contributed by atoms with Crippen LogP contribution in [0.25, 0.3) is 10.2 Å². The van der Waals surface area contributed by atoms with Crippen LogP contribution in [0.5, 0.6) is 0 Å². The highest BCUT2D eigenvalue weighted by Crippen LogP contribution is 2.64. The monoisotopic (exact) mass is 314 g/mol. The van der Waals surface area contributed by atoms with Gasteiger partial charge < -0.3 is 5.32 Å². The van der Waals surface area contributed by atoms with Gasteiger partial charge in [-0.2, -0.15) is 0 Å². The molecule has 0 spiro atoms. The maximum atomic E-state index is 12.1. The fourth-order valence-corrected chi connectivity index (χ4v) is 3.63. The molecule has 1 unspecified atom stereocenters. The van der Waals surface area contributed by atoms with Crippen LogP contribution in [0.2, 0.25) is 0 Å². The molecule has 2 aromatic rings. The molecule has 1 aromatic carbocycles. The lowest BCUT2D eigenvalue weighted by Gasteiger charge is -2.10. The van der Waals surface area contributed by atoms with Gasteiger partial charge in [-0.05, 0) is 38.0 Å². The highest BCUT2D eigenvalue weighted by molar-refractivity contribution is 7.22. The number of carbonyl (C=O) groups excluding carboxylic acids is 1. The first-order chi connectivity index (χ1) is 8.82. The van der Waals surface area contributed by atoms with E-state index in [2.05, 4.69) is 16.4 Å². The van der Waals surface area contributed by atoms with Crippen LogP contribution in [0.15, 0.2) is 18.2 Å². The van der Waals surface area contributed by atoms with Crippen molar-refractivity contribution >= 4 is 55.8 Å². The number of thiazole rings is 1. The number of aryl methyl sites for hydroxylation is 1. The fraction of sp³-hybridized carbons (Fsp3) is 0.385. The van der Waals surface area contributed by atoms with Gasteiger partial charge in [0.25, 0.3) is 0 Å². The summed E-state index contributed by atoms with van der Waals surface area (Å²) >= 11 is 13.4. The fourth-order valence-electron chi connectivity index (χ4n) is 1.97. The van der Waals surface area contributed by atoms with Gasteiger partial charge in [0.2, 0.25) is 5.91 Å². The van der Waals surface area contributed by atoms with E-state index in [-0.39, 0.29) is 5.91 Å². The Morgan fingerprint density at radius 2 is 2.16 bits per heavy atom. The number of hydrogen-bond acceptors (Lipinski definition) is 3. The number of alkyl halides is 2. The van der Waals surface area contributed by atoms with Gasteiger partial charge in [0.1, 0.15) is 4.33 Å². The van der Waals surface area contributed by atoms with Gasteiger partial charge in [-0.15, -0.1) is 23.2 Å². The molecule has 1 aliphatic carbocycles. The first-order valence-corrected chi connectivity index (χ1v) is 7.46. The smallest absolute Gasteiger partial charge is 0.235 e. The minimum Gasteiger partial charge on any atom is -0.301 e. The molecule has 19 heavy (non-hydrogen) atoms. The van der Waals surface area contributed by atoms with E-state index >= 15 is 0 Å². The number of aromatic nitrogens is 1. The van der Waals surface area contributed by atoms with Crippen molar-refractivity contribution in [1.82, 2.24) is 4.98 Å². The predicted octanol–water partition coefficient (Wildman–Crippen LogP) is 4.13. The minimum absolute atomic E-state index is 0.173. The first-order valence-electron chi connectivity index (χ1n) is 5.88. The summed E-state index contributed by atoms with van der Waals surface area (Å²) in [6.45, 7) is 3.79.